The predicted molar refractivity (Wildman–Crippen MR) is 103 cm³/mol. The first-order chi connectivity index (χ1) is 12.3. The predicted octanol–water partition coefficient (Wildman–Crippen LogP) is 2.79. The summed E-state index contributed by atoms with van der Waals surface area (Å²) >= 11 is 1.44. The van der Waals surface area contributed by atoms with Crippen LogP contribution in [0.2, 0.25) is 0 Å². The van der Waals surface area contributed by atoms with Gasteiger partial charge in [0.1, 0.15) is 17.3 Å². The summed E-state index contributed by atoms with van der Waals surface area (Å²) in [5.41, 5.74) is 6.79. The second-order valence-corrected chi connectivity index (χ2v) is 7.93. The van der Waals surface area contributed by atoms with Gasteiger partial charge in [0.25, 0.3) is 5.56 Å². The lowest BCUT2D eigenvalue weighted by atomic mass is 10.2. The van der Waals surface area contributed by atoms with Gasteiger partial charge in [-0.2, -0.15) is 0 Å². The molecule has 0 bridgehead atoms. The van der Waals surface area contributed by atoms with Gasteiger partial charge in [-0.3, -0.25) is 9.59 Å². The molecule has 6 nitrogen and oxygen atoms in total. The summed E-state index contributed by atoms with van der Waals surface area (Å²) in [6, 6.07) is 10.1. The molecule has 1 unspecified atom stereocenters. The van der Waals surface area contributed by atoms with Crippen molar-refractivity contribution in [2.45, 2.75) is 39.0 Å². The topological polar surface area (TPSA) is 87.2 Å². The third-order valence-corrected chi connectivity index (χ3v) is 4.57. The van der Waals surface area contributed by atoms with Gasteiger partial charge in [0.05, 0.1) is 22.5 Å². The van der Waals surface area contributed by atoms with E-state index in [0.29, 0.717) is 16.7 Å². The fraction of sp³-hybridized carbons (Fsp3) is 0.316. The molecule has 0 saturated carbocycles. The number of esters is 1. The van der Waals surface area contributed by atoms with Gasteiger partial charge in [0, 0.05) is 0 Å². The number of aromatic nitrogens is 2. The fourth-order valence-corrected chi connectivity index (χ4v) is 3.30. The number of para-hydroxylation sites is 2. The van der Waals surface area contributed by atoms with E-state index in [-0.39, 0.29) is 12.1 Å². The van der Waals surface area contributed by atoms with Crippen molar-refractivity contribution in [1.29, 1.82) is 0 Å². The van der Waals surface area contributed by atoms with E-state index >= 15 is 0 Å². The fourth-order valence-electron chi connectivity index (χ4n) is 2.60. The third kappa shape index (κ3) is 3.84. The van der Waals surface area contributed by atoms with Crippen molar-refractivity contribution >= 4 is 28.3 Å². The molecule has 7 heteroatoms. The van der Waals surface area contributed by atoms with Crippen LogP contribution >= 0.6 is 11.3 Å². The van der Waals surface area contributed by atoms with Gasteiger partial charge < -0.3 is 15.0 Å². The van der Waals surface area contributed by atoms with Gasteiger partial charge >= 0.3 is 5.97 Å². The zero-order valence-electron chi connectivity index (χ0n) is 14.9. The number of carbonyl (C=O) groups is 1. The van der Waals surface area contributed by atoms with Crippen molar-refractivity contribution in [2.24, 2.45) is 5.73 Å². The van der Waals surface area contributed by atoms with E-state index in [0.717, 1.165) is 4.88 Å². The average molecular weight is 371 g/mol. The molecule has 0 aliphatic heterocycles. The van der Waals surface area contributed by atoms with Crippen molar-refractivity contribution in [3.05, 3.63) is 52.1 Å². The van der Waals surface area contributed by atoms with E-state index in [2.05, 4.69) is 4.98 Å². The normalized spacial score (nSPS) is 12.9. The summed E-state index contributed by atoms with van der Waals surface area (Å²) < 4.78 is 6.84. The molecular formula is C19H21N3O3S. The largest absolute Gasteiger partial charge is 0.459 e. The first-order valence-corrected chi connectivity index (χ1v) is 9.16. The minimum atomic E-state index is -0.950. The van der Waals surface area contributed by atoms with Crippen LogP contribution in [0.25, 0.3) is 21.6 Å². The number of fused-ring (bicyclic) bond motifs is 1. The molecule has 1 aromatic carbocycles. The first kappa shape index (κ1) is 18.3. The Bertz CT molecular complexity index is 987. The number of rotatable bonds is 4. The molecule has 0 spiro atoms. The lowest BCUT2D eigenvalue weighted by molar-refractivity contribution is -0.156. The number of carbonyl (C=O) groups excluding carboxylic acids is 1. The average Bonchev–Trinajstić information content (AvgIpc) is 3.09. The first-order valence-electron chi connectivity index (χ1n) is 8.28. The Balaban J connectivity index is 2.06. The van der Waals surface area contributed by atoms with Crippen molar-refractivity contribution in [2.75, 3.05) is 0 Å². The van der Waals surface area contributed by atoms with E-state index in [9.17, 15) is 9.59 Å². The van der Waals surface area contributed by atoms with Crippen LogP contribution < -0.4 is 11.3 Å². The quantitative estimate of drug-likeness (QED) is 0.713. The Morgan fingerprint density at radius 1 is 1.27 bits per heavy atom. The molecule has 0 saturated heterocycles. The molecule has 1 atom stereocenters. The standard InChI is InChI=1S/C19H21N3O3S/c1-19(2,3)25-18(24)12(20)11-22-14-8-5-4-7-13(14)21-16(17(22)23)15-9-6-10-26-15/h4-10,12H,11,20H2,1-3H3. The van der Waals surface area contributed by atoms with Crippen molar-refractivity contribution < 1.29 is 9.53 Å². The molecular weight excluding hydrogens is 350 g/mol. The summed E-state index contributed by atoms with van der Waals surface area (Å²) in [7, 11) is 0. The highest BCUT2D eigenvalue weighted by Gasteiger charge is 2.24. The Morgan fingerprint density at radius 2 is 2.00 bits per heavy atom. The second-order valence-electron chi connectivity index (χ2n) is 6.98. The van der Waals surface area contributed by atoms with Crippen LogP contribution in [0.3, 0.4) is 0 Å². The SMILES string of the molecule is CC(C)(C)OC(=O)C(N)Cn1c(=O)c(-c2cccs2)nc2ccccc21. The maximum absolute atomic E-state index is 13.0. The molecule has 0 aliphatic carbocycles. The Hall–Kier alpha value is -2.51. The van der Waals surface area contributed by atoms with E-state index in [4.69, 9.17) is 10.5 Å². The van der Waals surface area contributed by atoms with Gasteiger partial charge in [-0.25, -0.2) is 4.98 Å². The van der Waals surface area contributed by atoms with Crippen molar-refractivity contribution in [3.8, 4) is 10.6 Å². The highest BCUT2D eigenvalue weighted by Crippen LogP contribution is 2.22. The van der Waals surface area contributed by atoms with E-state index < -0.39 is 17.6 Å². The number of nitrogens with zero attached hydrogens (tertiary/aromatic N) is 2. The molecule has 0 amide bonds. The van der Waals surface area contributed by atoms with E-state index in [1.54, 1.807) is 26.8 Å². The molecule has 3 rings (SSSR count). The van der Waals surface area contributed by atoms with Crippen LogP contribution in [-0.4, -0.2) is 27.2 Å². The van der Waals surface area contributed by atoms with Gasteiger partial charge in [0.15, 0.2) is 0 Å². The summed E-state index contributed by atoms with van der Waals surface area (Å²) in [5.74, 6) is -0.539. The van der Waals surface area contributed by atoms with Gasteiger partial charge in [-0.15, -0.1) is 11.3 Å². The van der Waals surface area contributed by atoms with E-state index in [1.165, 1.54) is 15.9 Å². The highest BCUT2D eigenvalue weighted by atomic mass is 32.1. The number of thiophene rings is 1. The number of hydrogen-bond acceptors (Lipinski definition) is 6. The Morgan fingerprint density at radius 3 is 2.65 bits per heavy atom. The molecule has 26 heavy (non-hydrogen) atoms. The molecule has 0 radical (unpaired) electrons. The summed E-state index contributed by atoms with van der Waals surface area (Å²) in [5, 5.41) is 1.89. The minimum Gasteiger partial charge on any atom is -0.459 e. The van der Waals surface area contributed by atoms with Crippen LogP contribution in [0.1, 0.15) is 20.8 Å². The molecule has 2 aromatic heterocycles. The van der Waals surface area contributed by atoms with Crippen LogP contribution in [0.4, 0.5) is 0 Å². The molecule has 2 N–H and O–H groups in total. The maximum Gasteiger partial charge on any atom is 0.325 e. The van der Waals surface area contributed by atoms with Gasteiger partial charge in [-0.1, -0.05) is 18.2 Å². The summed E-state index contributed by atoms with van der Waals surface area (Å²) in [4.78, 5) is 30.6. The number of hydrogen-bond donors (Lipinski definition) is 1. The maximum atomic E-state index is 13.0. The zero-order valence-corrected chi connectivity index (χ0v) is 15.7. The lowest BCUT2D eigenvalue weighted by Crippen LogP contribution is -2.42. The third-order valence-electron chi connectivity index (χ3n) is 3.70. The summed E-state index contributed by atoms with van der Waals surface area (Å²) in [6.45, 7) is 5.36. The minimum absolute atomic E-state index is 0.0230. The van der Waals surface area contributed by atoms with Crippen molar-refractivity contribution in [1.82, 2.24) is 9.55 Å². The Kier molecular flexibility index (Phi) is 4.93. The van der Waals surface area contributed by atoms with Crippen molar-refractivity contribution in [3.63, 3.8) is 0 Å². The molecule has 136 valence electrons. The lowest BCUT2D eigenvalue weighted by Gasteiger charge is -2.23. The highest BCUT2D eigenvalue weighted by molar-refractivity contribution is 7.13. The zero-order chi connectivity index (χ0) is 18.9. The molecule has 2 heterocycles. The smallest absolute Gasteiger partial charge is 0.325 e. The number of benzene rings is 1. The van der Waals surface area contributed by atoms with Gasteiger partial charge in [-0.05, 0) is 44.4 Å². The van der Waals surface area contributed by atoms with Crippen LogP contribution in [-0.2, 0) is 16.1 Å². The molecule has 0 aliphatic rings. The van der Waals surface area contributed by atoms with Gasteiger partial charge in [0.2, 0.25) is 0 Å². The summed E-state index contributed by atoms with van der Waals surface area (Å²) in [6.07, 6.45) is 0. The second kappa shape index (κ2) is 7.01. The van der Waals surface area contributed by atoms with E-state index in [1.807, 2.05) is 35.7 Å². The van der Waals surface area contributed by atoms with Crippen LogP contribution in [0, 0.1) is 0 Å². The number of ether oxygens (including phenoxy) is 1. The molecule has 3 aromatic rings. The van der Waals surface area contributed by atoms with Crippen LogP contribution in [0.15, 0.2) is 46.6 Å². The Labute approximate surface area is 155 Å². The monoisotopic (exact) mass is 371 g/mol. The number of nitrogens with two attached hydrogens (primary N) is 1. The van der Waals surface area contributed by atoms with Crippen LogP contribution in [0.5, 0.6) is 0 Å². The molecule has 0 fully saturated rings.